The maximum atomic E-state index is 11.9. The van der Waals surface area contributed by atoms with Gasteiger partial charge >= 0.3 is 54.7 Å². The number of nitrogens with two attached hydrogens (primary N) is 3. The van der Waals surface area contributed by atoms with Gasteiger partial charge in [0, 0.05) is 45.4 Å². The molecule has 8 aliphatic rings. The van der Waals surface area contributed by atoms with E-state index >= 15 is 0 Å². The summed E-state index contributed by atoms with van der Waals surface area (Å²) >= 11 is 0. The second-order valence-corrected chi connectivity index (χ2v) is 29.8. The minimum atomic E-state index is -1.06. The van der Waals surface area contributed by atoms with Gasteiger partial charge < -0.3 is 87.7 Å². The number of carbonyl (C=O) groups excluding carboxylic acids is 13. The zero-order valence-electron chi connectivity index (χ0n) is 63.8. The molecule has 2 saturated heterocycles. The Kier molecular flexibility index (Phi) is 50.0. The van der Waals surface area contributed by atoms with E-state index in [9.17, 15) is 52.7 Å². The summed E-state index contributed by atoms with van der Waals surface area (Å²) < 4.78 is 28.6. The Morgan fingerprint density at radius 3 is 1.25 bits per heavy atom. The third kappa shape index (κ3) is 59.1. The van der Waals surface area contributed by atoms with Gasteiger partial charge in [-0.1, -0.05) is 34.6 Å². The van der Waals surface area contributed by atoms with Crippen molar-refractivity contribution in [1.29, 1.82) is 0 Å². The fourth-order valence-electron chi connectivity index (χ4n) is 8.49. The number of piperazine rings is 2. The summed E-state index contributed by atoms with van der Waals surface area (Å²) in [5.41, 5.74) is 13.2. The lowest BCUT2D eigenvalue weighted by molar-refractivity contribution is -0.193. The van der Waals surface area contributed by atoms with Crippen LogP contribution in [0, 0.1) is 41.4 Å². The predicted molar refractivity (Wildman–Crippen MR) is 373 cm³/mol. The molecule has 8 rings (SSSR count). The van der Waals surface area contributed by atoms with Crippen molar-refractivity contribution in [3.8, 4) is 0 Å². The molecule has 102 heavy (non-hydrogen) atoms. The maximum Gasteiger partial charge on any atom is 0.519 e. The molecule has 0 radical (unpaired) electrons. The van der Waals surface area contributed by atoms with Gasteiger partial charge in [-0.05, 0) is 221 Å². The Morgan fingerprint density at radius 1 is 0.559 bits per heavy atom. The number of carboxylic acids is 2. The van der Waals surface area contributed by atoms with Crippen LogP contribution >= 0.6 is 0 Å². The number of nitrogens with one attached hydrogen (secondary N) is 6. The molecule has 4 amide bonds. The summed E-state index contributed by atoms with van der Waals surface area (Å²) in [7, 11) is 0. The number of aliphatic carboxylic acids is 2. The summed E-state index contributed by atoms with van der Waals surface area (Å²) in [6.45, 7) is 36.9. The van der Waals surface area contributed by atoms with Gasteiger partial charge in [0.15, 0.2) is 5.78 Å². The van der Waals surface area contributed by atoms with E-state index < -0.39 is 70.9 Å². The standard InChI is InChI=1S/C13H23NO3.C10H17NO4.C10H18O5.C8H15NO.C7H10N2O2.C7H14N2.C6H12O2.C5H9NO2.C2H7N.2CO2/c1-5-6-10(15)11(9-7-8-9)14-12(16)17-13(2,3)4;1-10(2,3)15-9(14)11-7(8(12)13)6-4-5-6;1-9(2,3)14-7(11)13-8(12)15-10(4,5)6;1-2-3-7(10)8(9)6-4-5-6;10-5-3-8-7(11)6(9-5)4-1-2-4;1-2-6(1)7-5-8-3-4-9-7;1-5(2)4-8-6(3)7;6-4(5(7)8)3-1-2-3;1-2-3;2*2-1-3/h9,11H,5-8H2,1-4H3,(H,14,16);6-7H,4-5H2,1-3H3,(H,11,14)(H,12,13);1-6H3;6,8H,2-5,9H2,1H3;4,6H,1-3H2,(H,8,11)(H,9,10);6-9H,1-5H2;5H,4H2,1-3H3;3-4H,1-2,6H2,(H,7,8);2-3H2,1H3;;/t11-;7-;;8-;6-;7-;;4-;;;/m11.110.1.../s1. The largest absolute Gasteiger partial charge is 0.519 e. The van der Waals surface area contributed by atoms with Crippen LogP contribution in [0.4, 0.5) is 19.2 Å². The second kappa shape index (κ2) is 51.6. The molecule has 0 unspecified atom stereocenters. The van der Waals surface area contributed by atoms with Crippen molar-refractivity contribution in [2.45, 2.75) is 286 Å². The minimum Gasteiger partial charge on any atom is -0.480 e. The smallest absolute Gasteiger partial charge is 0.480 e. The number of amides is 4. The molecule has 0 aromatic carbocycles. The van der Waals surface area contributed by atoms with Crippen LogP contribution in [-0.2, 0) is 81.2 Å². The molecule has 2 aliphatic heterocycles. The Balaban J connectivity index is -0.00000109. The highest BCUT2D eigenvalue weighted by atomic mass is 16.8. The first-order chi connectivity index (χ1) is 47.2. The van der Waals surface area contributed by atoms with Crippen molar-refractivity contribution in [2.75, 3.05) is 39.3 Å². The first-order valence-corrected chi connectivity index (χ1v) is 35.2. The van der Waals surface area contributed by atoms with Crippen LogP contribution in [0.3, 0.4) is 0 Å². The van der Waals surface area contributed by atoms with E-state index in [0.29, 0.717) is 43.1 Å². The molecule has 6 saturated carbocycles. The van der Waals surface area contributed by atoms with Crippen LogP contribution in [-0.4, -0.2) is 186 Å². The van der Waals surface area contributed by atoms with Crippen molar-refractivity contribution in [3.05, 3.63) is 0 Å². The molecule has 6 atom stereocenters. The average Bonchev–Trinajstić information content (AvgIpc) is 1.71. The van der Waals surface area contributed by atoms with Crippen LogP contribution in [0.25, 0.3) is 0 Å². The van der Waals surface area contributed by atoms with E-state index in [-0.39, 0.29) is 78.2 Å². The monoisotopic (exact) mass is 1460 g/mol. The third-order valence-electron chi connectivity index (χ3n) is 14.0. The lowest BCUT2D eigenvalue weighted by Crippen LogP contribution is -2.57. The van der Waals surface area contributed by atoms with Gasteiger partial charge in [-0.15, -0.1) is 0 Å². The second-order valence-electron chi connectivity index (χ2n) is 29.8. The first kappa shape index (κ1) is 98.7. The molecule has 0 bridgehead atoms. The van der Waals surface area contributed by atoms with Gasteiger partial charge in [0.05, 0.1) is 25.2 Å². The van der Waals surface area contributed by atoms with E-state index in [0.717, 1.165) is 102 Å². The Hall–Kier alpha value is -7.47. The van der Waals surface area contributed by atoms with Crippen molar-refractivity contribution in [2.24, 2.45) is 58.6 Å². The quantitative estimate of drug-likeness (QED) is 0.0382. The van der Waals surface area contributed by atoms with Crippen LogP contribution < -0.4 is 49.1 Å². The Labute approximate surface area is 602 Å². The van der Waals surface area contributed by atoms with Gasteiger partial charge in [0.1, 0.15) is 46.3 Å². The number of Topliss-reactive ketones (excluding diaryl/α,β-unsaturated/α-hetero) is 2. The van der Waals surface area contributed by atoms with Gasteiger partial charge in [0.25, 0.3) is 0 Å². The number of carboxylic acid groups (broad SMARTS) is 2. The van der Waals surface area contributed by atoms with E-state index in [1.165, 1.54) is 32.9 Å². The zero-order valence-corrected chi connectivity index (χ0v) is 63.8. The molecular formula is C70H125N9O23. The highest BCUT2D eigenvalue weighted by Crippen LogP contribution is 2.36. The van der Waals surface area contributed by atoms with Crippen molar-refractivity contribution in [3.63, 3.8) is 0 Å². The van der Waals surface area contributed by atoms with Crippen molar-refractivity contribution in [1.82, 2.24) is 31.9 Å². The molecular weight excluding hydrogens is 1330 g/mol. The molecule has 0 aromatic heterocycles. The maximum absolute atomic E-state index is 11.9. The van der Waals surface area contributed by atoms with Crippen LogP contribution in [0.15, 0.2) is 0 Å². The number of alkyl carbamates (subject to hydrolysis) is 2. The lowest BCUT2D eigenvalue weighted by Gasteiger charge is -2.23. The van der Waals surface area contributed by atoms with E-state index in [1.54, 1.807) is 62.3 Å². The summed E-state index contributed by atoms with van der Waals surface area (Å²) in [6.07, 6.45) is 13.3. The fraction of sp³-hybridized carbons (Fsp3) is 0.814. The summed E-state index contributed by atoms with van der Waals surface area (Å²) in [6, 6.07) is -1.32. The molecule has 2 heterocycles. The first-order valence-electron chi connectivity index (χ1n) is 35.2. The normalized spacial score (nSPS) is 18.8. The number of hydrogen-bond acceptors (Lipinski definition) is 26. The molecule has 32 heteroatoms. The number of carbonyl (C=O) groups is 11. The van der Waals surface area contributed by atoms with E-state index in [4.69, 9.17) is 65.5 Å². The zero-order chi connectivity index (χ0) is 79.3. The summed E-state index contributed by atoms with van der Waals surface area (Å²) in [5, 5.41) is 34.4. The number of hydrogen-bond donors (Lipinski definition) is 11. The van der Waals surface area contributed by atoms with Crippen LogP contribution in [0.5, 0.6) is 0 Å². The van der Waals surface area contributed by atoms with Gasteiger partial charge in [-0.3, -0.25) is 28.8 Å². The minimum absolute atomic E-state index is 0.0212. The topological polar surface area (TPSA) is 502 Å². The molecule has 6 aliphatic carbocycles. The Bertz CT molecular complexity index is 2550. The van der Waals surface area contributed by atoms with Gasteiger partial charge in [-0.25, -0.2) is 24.0 Å². The molecule has 8 fully saturated rings. The number of ketones is 2. The lowest BCUT2D eigenvalue weighted by atomic mass is 10.0. The van der Waals surface area contributed by atoms with Crippen LogP contribution in [0.1, 0.15) is 227 Å². The Morgan fingerprint density at radius 2 is 0.941 bits per heavy atom. The van der Waals surface area contributed by atoms with Crippen molar-refractivity contribution < 1.29 is 111 Å². The number of esters is 1. The molecule has 14 N–H and O–H groups in total. The molecule has 32 nitrogen and oxygen atoms in total. The third-order valence-corrected chi connectivity index (χ3v) is 14.0. The number of rotatable bonds is 18. The molecule has 588 valence electrons. The summed E-state index contributed by atoms with van der Waals surface area (Å²) in [5.74, 6) is 1.27. The van der Waals surface area contributed by atoms with Crippen LogP contribution in [0.2, 0.25) is 0 Å². The SMILES string of the molecule is C1CN[C@H](C2CC2)CN1.CC(=O)OCC(C)C.CC(C)(C)OC(=O)N[C@@H](C(=O)O)C1CC1.CC(C)(C)OC(=O)OC(=O)OC(C)(C)C.CCCC(=O)[C@H](N)C1CC1.CCCC(=O)[C@H](NC(=O)OC(C)(C)C)C1CC1.CCN.N[C@@H](C(=O)O)C1CC1.O=C1CNC(=O)[C@@H](C2CC2)N1.O=C=O.O=C=O. The molecule has 0 aromatic rings. The average molecular weight is 1460 g/mol. The van der Waals surface area contributed by atoms with Gasteiger partial charge in [0.2, 0.25) is 11.8 Å². The van der Waals surface area contributed by atoms with Crippen molar-refractivity contribution >= 4 is 78.1 Å². The highest BCUT2D eigenvalue weighted by Gasteiger charge is 2.41. The fourth-order valence-corrected chi connectivity index (χ4v) is 8.49. The van der Waals surface area contributed by atoms with E-state index in [1.807, 2.05) is 55.4 Å². The number of ether oxygens (including phenoxy) is 6. The van der Waals surface area contributed by atoms with E-state index in [2.05, 4.69) is 41.4 Å². The predicted octanol–water partition coefficient (Wildman–Crippen LogP) is 6.78. The summed E-state index contributed by atoms with van der Waals surface area (Å²) in [4.78, 5) is 153. The molecule has 0 spiro atoms. The van der Waals surface area contributed by atoms with Gasteiger partial charge in [-0.2, -0.15) is 19.2 Å². The highest BCUT2D eigenvalue weighted by molar-refractivity contribution is 5.95.